The van der Waals surface area contributed by atoms with E-state index in [1.165, 1.54) is 6.07 Å². The van der Waals surface area contributed by atoms with Crippen molar-refractivity contribution in [3.8, 4) is 0 Å². The molecule has 0 saturated heterocycles. The second kappa shape index (κ2) is 2.70. The van der Waals surface area contributed by atoms with Crippen molar-refractivity contribution >= 4 is 5.65 Å². The highest BCUT2D eigenvalue weighted by Crippen LogP contribution is 2.19. The minimum Gasteiger partial charge on any atom is -0.290 e. The van der Waals surface area contributed by atoms with E-state index in [-0.39, 0.29) is 10.8 Å². The molecule has 0 amide bonds. The van der Waals surface area contributed by atoms with Gasteiger partial charge in [-0.25, -0.2) is 0 Å². The Balaban J connectivity index is 2.76. The summed E-state index contributed by atoms with van der Waals surface area (Å²) in [6.45, 7) is 6.25. The van der Waals surface area contributed by atoms with Crippen molar-refractivity contribution in [1.82, 2.24) is 14.6 Å². The monoisotopic (exact) mass is 191 g/mol. The maximum Gasteiger partial charge on any atom is 0.183 e. The van der Waals surface area contributed by atoms with E-state index in [1.54, 1.807) is 12.3 Å². The van der Waals surface area contributed by atoms with Gasteiger partial charge in [0.05, 0.1) is 0 Å². The standard InChI is InChI=1S/C10H13N3O/c1-10(2,3)9-12-11-8-6-7(14)4-5-13(8)9/h4-6,11H,1-3H3. The summed E-state index contributed by atoms with van der Waals surface area (Å²) < 4.78 is 1.90. The van der Waals surface area contributed by atoms with Gasteiger partial charge >= 0.3 is 0 Å². The molecule has 0 aromatic carbocycles. The summed E-state index contributed by atoms with van der Waals surface area (Å²) in [5.41, 5.74) is 0.698. The second-order valence-corrected chi connectivity index (χ2v) is 4.41. The first-order chi connectivity index (χ1) is 6.48. The molecule has 2 rings (SSSR count). The Morgan fingerprint density at radius 2 is 2.14 bits per heavy atom. The Bertz CT molecular complexity index is 516. The summed E-state index contributed by atoms with van der Waals surface area (Å²) in [6.07, 6.45) is 1.75. The van der Waals surface area contributed by atoms with Gasteiger partial charge in [-0.15, -0.1) is 0 Å². The van der Waals surface area contributed by atoms with Crippen molar-refractivity contribution in [1.29, 1.82) is 0 Å². The minimum absolute atomic E-state index is 0.00545. The first-order valence-corrected chi connectivity index (χ1v) is 4.56. The lowest BCUT2D eigenvalue weighted by atomic mass is 9.96. The summed E-state index contributed by atoms with van der Waals surface area (Å²) in [5, 5.41) is 7.06. The molecule has 4 nitrogen and oxygen atoms in total. The van der Waals surface area contributed by atoms with Gasteiger partial charge in [0, 0.05) is 23.7 Å². The van der Waals surface area contributed by atoms with Gasteiger partial charge in [-0.05, 0) is 0 Å². The van der Waals surface area contributed by atoms with Crippen molar-refractivity contribution in [2.45, 2.75) is 26.2 Å². The topological polar surface area (TPSA) is 50.2 Å². The SMILES string of the molecule is CC(C)(C)c1n[nH]c2cc(=O)ccn12. The number of aromatic nitrogens is 3. The summed E-state index contributed by atoms with van der Waals surface area (Å²) in [7, 11) is 0. The molecule has 0 bridgehead atoms. The number of nitrogens with zero attached hydrogens (tertiary/aromatic N) is 2. The van der Waals surface area contributed by atoms with Crippen molar-refractivity contribution in [2.24, 2.45) is 0 Å². The summed E-state index contributed by atoms with van der Waals surface area (Å²) >= 11 is 0. The van der Waals surface area contributed by atoms with Crippen LogP contribution in [0, 0.1) is 0 Å². The Hall–Kier alpha value is -1.58. The fourth-order valence-corrected chi connectivity index (χ4v) is 1.44. The van der Waals surface area contributed by atoms with Crippen LogP contribution in [0.3, 0.4) is 0 Å². The van der Waals surface area contributed by atoms with Gasteiger partial charge in [0.25, 0.3) is 0 Å². The van der Waals surface area contributed by atoms with Crippen LogP contribution in [0.5, 0.6) is 0 Å². The van der Waals surface area contributed by atoms with E-state index in [2.05, 4.69) is 31.0 Å². The quantitative estimate of drug-likeness (QED) is 0.682. The second-order valence-electron chi connectivity index (χ2n) is 4.41. The van der Waals surface area contributed by atoms with Crippen LogP contribution in [0.25, 0.3) is 5.65 Å². The van der Waals surface area contributed by atoms with E-state index in [9.17, 15) is 4.79 Å². The predicted octanol–water partition coefficient (Wildman–Crippen LogP) is 1.32. The van der Waals surface area contributed by atoms with Crippen molar-refractivity contribution < 1.29 is 0 Å². The number of nitrogens with one attached hydrogen (secondary N) is 1. The van der Waals surface area contributed by atoms with Crippen LogP contribution in [0.2, 0.25) is 0 Å². The normalized spacial score (nSPS) is 12.2. The highest BCUT2D eigenvalue weighted by molar-refractivity contribution is 5.38. The van der Waals surface area contributed by atoms with Crippen LogP contribution in [-0.4, -0.2) is 14.6 Å². The molecule has 1 N–H and O–H groups in total. The Morgan fingerprint density at radius 3 is 2.79 bits per heavy atom. The van der Waals surface area contributed by atoms with Gasteiger partial charge in [-0.1, -0.05) is 20.8 Å². The van der Waals surface area contributed by atoms with Gasteiger partial charge < -0.3 is 0 Å². The average molecular weight is 191 g/mol. The van der Waals surface area contributed by atoms with Gasteiger partial charge in [-0.2, -0.15) is 5.10 Å². The smallest absolute Gasteiger partial charge is 0.183 e. The lowest BCUT2D eigenvalue weighted by Gasteiger charge is -2.15. The molecule has 0 radical (unpaired) electrons. The van der Waals surface area contributed by atoms with Crippen LogP contribution in [-0.2, 0) is 5.41 Å². The van der Waals surface area contributed by atoms with E-state index in [0.29, 0.717) is 0 Å². The predicted molar refractivity (Wildman–Crippen MR) is 54.5 cm³/mol. The van der Waals surface area contributed by atoms with Gasteiger partial charge in [0.15, 0.2) is 5.43 Å². The van der Waals surface area contributed by atoms with Crippen LogP contribution in [0.4, 0.5) is 0 Å². The number of aromatic amines is 1. The molecule has 0 unspecified atom stereocenters. The highest BCUT2D eigenvalue weighted by Gasteiger charge is 2.19. The van der Waals surface area contributed by atoms with Gasteiger partial charge in [0.2, 0.25) is 0 Å². The molecule has 0 saturated carbocycles. The summed E-state index contributed by atoms with van der Waals surface area (Å²) in [5.74, 6) is 0.924. The maximum atomic E-state index is 11.1. The molecule has 0 aliphatic rings. The number of hydrogen-bond donors (Lipinski definition) is 1. The van der Waals surface area contributed by atoms with Crippen molar-refractivity contribution in [3.05, 3.63) is 34.4 Å². The van der Waals surface area contributed by atoms with Crippen LogP contribution in [0.15, 0.2) is 23.1 Å². The minimum atomic E-state index is -0.0344. The number of H-pyrrole nitrogens is 1. The maximum absolute atomic E-state index is 11.1. The molecule has 0 aliphatic heterocycles. The van der Waals surface area contributed by atoms with Gasteiger partial charge in [0.1, 0.15) is 11.5 Å². The van der Waals surface area contributed by atoms with Gasteiger partial charge in [-0.3, -0.25) is 14.3 Å². The van der Waals surface area contributed by atoms with Crippen LogP contribution in [0.1, 0.15) is 26.6 Å². The molecule has 4 heteroatoms. The molecule has 14 heavy (non-hydrogen) atoms. The first-order valence-electron chi connectivity index (χ1n) is 4.56. The molecular weight excluding hydrogens is 178 g/mol. The third-order valence-corrected chi connectivity index (χ3v) is 2.10. The fourth-order valence-electron chi connectivity index (χ4n) is 1.44. The summed E-state index contributed by atoms with van der Waals surface area (Å²) in [4.78, 5) is 11.1. The van der Waals surface area contributed by atoms with E-state index < -0.39 is 0 Å². The molecule has 0 fully saturated rings. The Morgan fingerprint density at radius 1 is 1.43 bits per heavy atom. The van der Waals surface area contributed by atoms with E-state index >= 15 is 0 Å². The zero-order chi connectivity index (χ0) is 10.3. The first kappa shape index (κ1) is 8.99. The number of fused-ring (bicyclic) bond motifs is 1. The van der Waals surface area contributed by atoms with E-state index in [4.69, 9.17) is 0 Å². The molecule has 2 heterocycles. The van der Waals surface area contributed by atoms with Crippen molar-refractivity contribution in [2.75, 3.05) is 0 Å². The largest absolute Gasteiger partial charge is 0.290 e. The molecule has 0 aliphatic carbocycles. The number of rotatable bonds is 0. The average Bonchev–Trinajstić information content (AvgIpc) is 2.45. The molecule has 2 aromatic heterocycles. The van der Waals surface area contributed by atoms with E-state index in [0.717, 1.165) is 11.5 Å². The molecule has 0 atom stereocenters. The summed E-state index contributed by atoms with van der Waals surface area (Å²) in [6, 6.07) is 3.08. The molecule has 0 spiro atoms. The van der Waals surface area contributed by atoms with Crippen LogP contribution >= 0.6 is 0 Å². The Labute approximate surface area is 81.6 Å². The number of hydrogen-bond acceptors (Lipinski definition) is 2. The van der Waals surface area contributed by atoms with Crippen LogP contribution < -0.4 is 5.43 Å². The lowest BCUT2D eigenvalue weighted by molar-refractivity contribution is 0.538. The zero-order valence-electron chi connectivity index (χ0n) is 8.53. The Kier molecular flexibility index (Phi) is 1.74. The molecule has 74 valence electrons. The fraction of sp³-hybridized carbons (Fsp3) is 0.400. The third kappa shape index (κ3) is 1.32. The van der Waals surface area contributed by atoms with Crippen molar-refractivity contribution in [3.63, 3.8) is 0 Å². The number of pyridine rings is 1. The highest BCUT2D eigenvalue weighted by atomic mass is 16.1. The lowest BCUT2D eigenvalue weighted by Crippen LogP contribution is -2.16. The van der Waals surface area contributed by atoms with E-state index in [1.807, 2.05) is 4.40 Å². The third-order valence-electron chi connectivity index (χ3n) is 2.10. The zero-order valence-corrected chi connectivity index (χ0v) is 8.53. The molecule has 2 aromatic rings. The molecular formula is C10H13N3O.